The number of nitrogens with zero attached hydrogens (tertiary/aromatic N) is 1. The molecule has 5 nitrogen and oxygen atoms in total. The van der Waals surface area contributed by atoms with Crippen LogP contribution in [0.5, 0.6) is 0 Å². The summed E-state index contributed by atoms with van der Waals surface area (Å²) in [4.78, 5) is 10.9. The van der Waals surface area contributed by atoms with Gasteiger partial charge in [0.25, 0.3) is 5.91 Å². The predicted octanol–water partition coefficient (Wildman–Crippen LogP) is -0.478. The number of hydrogen-bond donors (Lipinski definition) is 3. The van der Waals surface area contributed by atoms with E-state index >= 15 is 0 Å². The molecule has 0 bridgehead atoms. The summed E-state index contributed by atoms with van der Waals surface area (Å²) in [5.74, 6) is -0.105. The number of carbonyl (C=O) groups is 1. The van der Waals surface area contributed by atoms with Crippen LogP contribution in [0.2, 0.25) is 0 Å². The minimum absolute atomic E-state index is 0.105. The van der Waals surface area contributed by atoms with E-state index < -0.39 is 0 Å². The van der Waals surface area contributed by atoms with Gasteiger partial charge in [0.15, 0.2) is 0 Å². The lowest BCUT2D eigenvalue weighted by atomic mass is 10.3. The van der Waals surface area contributed by atoms with Gasteiger partial charge in [-0.15, -0.1) is 0 Å². The summed E-state index contributed by atoms with van der Waals surface area (Å²) in [5, 5.41) is 11.8. The smallest absolute Gasteiger partial charge is 0.272 e. The lowest BCUT2D eigenvalue weighted by molar-refractivity contribution is 0.0948. The maximum absolute atomic E-state index is 10.9. The highest BCUT2D eigenvalue weighted by molar-refractivity contribution is 5.99. The number of aromatic amines is 1. The Balaban J connectivity index is 2.50. The second kappa shape index (κ2) is 1.73. The highest BCUT2D eigenvalue weighted by atomic mass is 16.2. The van der Waals surface area contributed by atoms with Crippen LogP contribution in [0, 0.1) is 0 Å². The summed E-state index contributed by atoms with van der Waals surface area (Å²) in [6.45, 7) is 0.478. The molecular formula is C5H6N4O. The molecule has 0 spiro atoms. The van der Waals surface area contributed by atoms with Gasteiger partial charge in [-0.25, -0.2) is 0 Å². The van der Waals surface area contributed by atoms with Crippen LogP contribution in [0.3, 0.4) is 0 Å². The fourth-order valence-corrected chi connectivity index (χ4v) is 0.901. The van der Waals surface area contributed by atoms with Gasteiger partial charge in [-0.1, -0.05) is 0 Å². The van der Waals surface area contributed by atoms with E-state index in [-0.39, 0.29) is 5.91 Å². The lowest BCUT2D eigenvalue weighted by Gasteiger charge is -2.12. The molecule has 1 aromatic heterocycles. The Morgan fingerprint density at radius 3 is 3.20 bits per heavy atom. The number of rotatable bonds is 0. The first-order chi connectivity index (χ1) is 4.88. The van der Waals surface area contributed by atoms with E-state index in [2.05, 4.69) is 20.8 Å². The zero-order valence-electron chi connectivity index (χ0n) is 5.14. The average Bonchev–Trinajstić information content (AvgIpc) is 2.36. The number of fused-ring (bicyclic) bond motifs is 1. The summed E-state index contributed by atoms with van der Waals surface area (Å²) in [7, 11) is 0. The molecule has 2 rings (SSSR count). The van der Waals surface area contributed by atoms with Crippen molar-refractivity contribution in [3.05, 3.63) is 11.9 Å². The van der Waals surface area contributed by atoms with E-state index in [0.717, 1.165) is 5.69 Å². The molecule has 0 saturated carbocycles. The second-order valence-electron chi connectivity index (χ2n) is 2.02. The largest absolute Gasteiger partial charge is 0.365 e. The Labute approximate surface area is 56.8 Å². The molecule has 3 N–H and O–H groups in total. The zero-order chi connectivity index (χ0) is 6.97. The van der Waals surface area contributed by atoms with Crippen molar-refractivity contribution in [2.75, 3.05) is 12.0 Å². The second-order valence-corrected chi connectivity index (χ2v) is 2.02. The van der Waals surface area contributed by atoms with Gasteiger partial charge < -0.3 is 10.6 Å². The first-order valence-corrected chi connectivity index (χ1v) is 2.93. The van der Waals surface area contributed by atoms with Crippen LogP contribution in [0.15, 0.2) is 6.20 Å². The van der Waals surface area contributed by atoms with Crippen molar-refractivity contribution in [2.45, 2.75) is 0 Å². The Morgan fingerprint density at radius 2 is 2.40 bits per heavy atom. The first kappa shape index (κ1) is 5.28. The van der Waals surface area contributed by atoms with Gasteiger partial charge in [0.1, 0.15) is 5.69 Å². The zero-order valence-corrected chi connectivity index (χ0v) is 5.14. The van der Waals surface area contributed by atoms with Crippen LogP contribution in [-0.4, -0.2) is 22.8 Å². The van der Waals surface area contributed by atoms with Crippen LogP contribution >= 0.6 is 0 Å². The molecule has 0 atom stereocenters. The number of H-pyrrole nitrogens is 1. The number of nitrogens with one attached hydrogen (secondary N) is 3. The molecule has 10 heavy (non-hydrogen) atoms. The Morgan fingerprint density at radius 1 is 1.50 bits per heavy atom. The summed E-state index contributed by atoms with van der Waals surface area (Å²) in [5.41, 5.74) is 1.27. The van der Waals surface area contributed by atoms with Crippen molar-refractivity contribution in [2.24, 2.45) is 0 Å². The molecule has 0 saturated heterocycles. The van der Waals surface area contributed by atoms with Gasteiger partial charge in [0.2, 0.25) is 0 Å². The summed E-state index contributed by atoms with van der Waals surface area (Å²) < 4.78 is 0. The van der Waals surface area contributed by atoms with Crippen LogP contribution < -0.4 is 10.6 Å². The third kappa shape index (κ3) is 0.570. The molecule has 0 aromatic carbocycles. The SMILES string of the molecule is O=C1NCNc2cn[nH]c21. The third-order valence-electron chi connectivity index (χ3n) is 1.39. The van der Waals surface area contributed by atoms with E-state index in [0.29, 0.717) is 12.4 Å². The molecule has 0 unspecified atom stereocenters. The summed E-state index contributed by atoms with van der Waals surface area (Å²) >= 11 is 0. The fraction of sp³-hybridized carbons (Fsp3) is 0.200. The minimum Gasteiger partial charge on any atom is -0.365 e. The normalized spacial score (nSPS) is 15.4. The van der Waals surface area contributed by atoms with E-state index in [1.165, 1.54) is 0 Å². The molecule has 1 aromatic rings. The first-order valence-electron chi connectivity index (χ1n) is 2.93. The van der Waals surface area contributed by atoms with Crippen molar-refractivity contribution in [1.29, 1.82) is 0 Å². The number of amides is 1. The Kier molecular flexibility index (Phi) is 0.913. The van der Waals surface area contributed by atoms with Crippen molar-refractivity contribution >= 4 is 11.6 Å². The van der Waals surface area contributed by atoms with E-state index in [1.54, 1.807) is 6.20 Å². The predicted molar refractivity (Wildman–Crippen MR) is 34.5 cm³/mol. The third-order valence-corrected chi connectivity index (χ3v) is 1.39. The maximum Gasteiger partial charge on any atom is 0.272 e. The molecule has 1 amide bonds. The van der Waals surface area contributed by atoms with Crippen molar-refractivity contribution in [3.63, 3.8) is 0 Å². The molecule has 5 heteroatoms. The van der Waals surface area contributed by atoms with Crippen molar-refractivity contribution < 1.29 is 4.79 Å². The van der Waals surface area contributed by atoms with Gasteiger partial charge in [-0.3, -0.25) is 9.89 Å². The van der Waals surface area contributed by atoms with Crippen molar-refractivity contribution in [1.82, 2.24) is 15.5 Å². The molecule has 0 fully saturated rings. The van der Waals surface area contributed by atoms with Crippen molar-refractivity contribution in [3.8, 4) is 0 Å². The fourth-order valence-electron chi connectivity index (χ4n) is 0.901. The Hall–Kier alpha value is -1.52. The van der Waals surface area contributed by atoms with Gasteiger partial charge in [0.05, 0.1) is 18.6 Å². The topological polar surface area (TPSA) is 69.8 Å². The number of anilines is 1. The molecule has 1 aliphatic rings. The molecule has 1 aliphatic heterocycles. The number of hydrogen-bond acceptors (Lipinski definition) is 3. The van der Waals surface area contributed by atoms with Gasteiger partial charge in [-0.2, -0.15) is 5.10 Å². The monoisotopic (exact) mass is 138 g/mol. The Bertz CT molecular complexity index is 266. The average molecular weight is 138 g/mol. The summed E-state index contributed by atoms with van der Waals surface area (Å²) in [6.07, 6.45) is 1.59. The lowest BCUT2D eigenvalue weighted by Crippen LogP contribution is -2.34. The van der Waals surface area contributed by atoms with E-state index in [9.17, 15) is 4.79 Å². The van der Waals surface area contributed by atoms with Crippen LogP contribution in [0.25, 0.3) is 0 Å². The highest BCUT2D eigenvalue weighted by Crippen LogP contribution is 2.12. The van der Waals surface area contributed by atoms with Crippen LogP contribution in [-0.2, 0) is 0 Å². The van der Waals surface area contributed by atoms with E-state index in [1.807, 2.05) is 0 Å². The van der Waals surface area contributed by atoms with E-state index in [4.69, 9.17) is 0 Å². The van der Waals surface area contributed by atoms with Crippen LogP contribution in [0.4, 0.5) is 5.69 Å². The van der Waals surface area contributed by atoms with Gasteiger partial charge >= 0.3 is 0 Å². The standard InChI is InChI=1S/C5H6N4O/c10-5-4-3(1-8-9-4)6-2-7-5/h1,6H,2H2,(H,7,10)(H,8,9). The molecular weight excluding hydrogens is 132 g/mol. The molecule has 0 aliphatic carbocycles. The minimum atomic E-state index is -0.105. The quantitative estimate of drug-likeness (QED) is 0.453. The number of carbonyl (C=O) groups excluding carboxylic acids is 1. The van der Waals surface area contributed by atoms with Crippen LogP contribution in [0.1, 0.15) is 10.5 Å². The number of aromatic nitrogens is 2. The van der Waals surface area contributed by atoms with Gasteiger partial charge in [-0.05, 0) is 0 Å². The summed E-state index contributed by atoms with van der Waals surface area (Å²) in [6, 6.07) is 0. The molecule has 0 radical (unpaired) electrons. The van der Waals surface area contributed by atoms with Gasteiger partial charge in [0, 0.05) is 0 Å². The molecule has 52 valence electrons. The molecule has 2 heterocycles. The highest BCUT2D eigenvalue weighted by Gasteiger charge is 2.16. The maximum atomic E-state index is 10.9.